The molecule has 0 spiro atoms. The van der Waals surface area contributed by atoms with Crippen LogP contribution in [0.25, 0.3) is 0 Å². The van der Waals surface area contributed by atoms with Crippen LogP contribution in [0.5, 0.6) is 5.75 Å². The highest BCUT2D eigenvalue weighted by Gasteiger charge is 2.38. The monoisotopic (exact) mass is 470 g/mol. The Kier molecular flexibility index (Phi) is 9.65. The molecule has 2 aromatic rings. The maximum Gasteiger partial charge on any atom is 0.490 e. The fraction of sp³-hybridized carbons (Fsp3) is 0.391. The molecule has 1 unspecified atom stereocenters. The average Bonchev–Trinajstić information content (AvgIpc) is 2.73. The van der Waals surface area contributed by atoms with Crippen LogP contribution < -0.4 is 10.5 Å². The Morgan fingerprint density at radius 1 is 1.09 bits per heavy atom. The molecule has 3 rings (SSSR count). The summed E-state index contributed by atoms with van der Waals surface area (Å²) in [6.45, 7) is 2.09. The molecule has 1 aliphatic rings. The van der Waals surface area contributed by atoms with E-state index in [4.69, 9.17) is 20.4 Å². The zero-order chi connectivity index (χ0) is 24.4. The number of nitrogens with zero attached hydrogens (tertiary/aromatic N) is 1. The number of hydrogen-bond acceptors (Lipinski definition) is 4. The van der Waals surface area contributed by atoms with Gasteiger partial charge in [0.2, 0.25) is 5.91 Å². The number of benzene rings is 2. The third-order valence-electron chi connectivity index (χ3n) is 4.95. The lowest BCUT2D eigenvalue weighted by molar-refractivity contribution is -0.192. The number of carbonyl (C=O) groups excluding carboxylic acids is 1. The van der Waals surface area contributed by atoms with E-state index in [1.807, 2.05) is 35.2 Å². The van der Waals surface area contributed by atoms with Gasteiger partial charge < -0.3 is 20.5 Å². The number of carboxylic acid groups (broad SMARTS) is 1. The van der Waals surface area contributed by atoms with Crippen molar-refractivity contribution in [3.63, 3.8) is 0 Å². The maximum absolute atomic E-state index is 13.6. The molecule has 1 fully saturated rings. The van der Waals surface area contributed by atoms with E-state index >= 15 is 0 Å². The van der Waals surface area contributed by atoms with Gasteiger partial charge in [-0.05, 0) is 36.6 Å². The van der Waals surface area contributed by atoms with Gasteiger partial charge in [0.1, 0.15) is 11.6 Å². The number of rotatable bonds is 8. The molecule has 33 heavy (non-hydrogen) atoms. The predicted octanol–water partition coefficient (Wildman–Crippen LogP) is 3.65. The van der Waals surface area contributed by atoms with Gasteiger partial charge in [-0.1, -0.05) is 36.4 Å². The molecule has 10 heteroatoms. The van der Waals surface area contributed by atoms with Gasteiger partial charge in [-0.3, -0.25) is 4.79 Å². The Hall–Kier alpha value is -3.14. The van der Waals surface area contributed by atoms with E-state index in [-0.39, 0.29) is 17.8 Å². The van der Waals surface area contributed by atoms with Gasteiger partial charge in [0, 0.05) is 31.5 Å². The fourth-order valence-electron chi connectivity index (χ4n) is 3.13. The van der Waals surface area contributed by atoms with Gasteiger partial charge in [-0.25, -0.2) is 9.18 Å². The molecule has 0 aromatic heterocycles. The van der Waals surface area contributed by atoms with Crippen LogP contribution in [0.15, 0.2) is 54.6 Å². The van der Waals surface area contributed by atoms with Crippen LogP contribution in [0.2, 0.25) is 0 Å². The first-order valence-corrected chi connectivity index (χ1v) is 10.3. The van der Waals surface area contributed by atoms with Crippen molar-refractivity contribution in [2.45, 2.75) is 31.5 Å². The number of alkyl halides is 3. The molecule has 1 atom stereocenters. The molecule has 1 heterocycles. The second-order valence-corrected chi connectivity index (χ2v) is 7.69. The zero-order valence-corrected chi connectivity index (χ0v) is 17.8. The molecule has 1 aliphatic heterocycles. The number of carboxylic acids is 1. The van der Waals surface area contributed by atoms with Crippen molar-refractivity contribution in [2.24, 2.45) is 11.7 Å². The minimum Gasteiger partial charge on any atom is -0.493 e. The number of hydrogen-bond donors (Lipinski definition) is 2. The number of amides is 1. The van der Waals surface area contributed by atoms with Crippen molar-refractivity contribution in [1.29, 1.82) is 0 Å². The highest BCUT2D eigenvalue weighted by Crippen LogP contribution is 2.20. The number of likely N-dealkylation sites (tertiary alicyclic amines) is 1. The van der Waals surface area contributed by atoms with E-state index in [0.717, 1.165) is 18.8 Å². The summed E-state index contributed by atoms with van der Waals surface area (Å²) in [5.74, 6) is -1.64. The molecule has 6 nitrogen and oxygen atoms in total. The topological polar surface area (TPSA) is 92.9 Å². The summed E-state index contributed by atoms with van der Waals surface area (Å²) in [6.07, 6.45) is -3.66. The van der Waals surface area contributed by atoms with Crippen LogP contribution >= 0.6 is 0 Å². The third-order valence-corrected chi connectivity index (χ3v) is 4.95. The molecule has 0 bridgehead atoms. The summed E-state index contributed by atoms with van der Waals surface area (Å²) in [6, 6.07) is 16.1. The molecule has 2 aromatic carbocycles. The molecule has 3 N–H and O–H groups in total. The quantitative estimate of drug-likeness (QED) is 0.575. The molecular weight excluding hydrogens is 444 g/mol. The van der Waals surface area contributed by atoms with E-state index < -0.39 is 12.1 Å². The molecular formula is C23H26F4N2O4. The van der Waals surface area contributed by atoms with Crippen LogP contribution in [0.1, 0.15) is 18.4 Å². The highest BCUT2D eigenvalue weighted by molar-refractivity contribution is 5.77. The highest BCUT2D eigenvalue weighted by atomic mass is 19.4. The molecule has 1 saturated heterocycles. The molecule has 180 valence electrons. The normalized spacial score (nSPS) is 14.5. The minimum absolute atomic E-state index is 0.116. The van der Waals surface area contributed by atoms with Crippen LogP contribution in [-0.4, -0.2) is 53.8 Å². The summed E-state index contributed by atoms with van der Waals surface area (Å²) in [5, 5.41) is 7.12. The fourth-order valence-corrected chi connectivity index (χ4v) is 3.13. The molecule has 1 amide bonds. The maximum atomic E-state index is 13.6. The van der Waals surface area contributed by atoms with Crippen molar-refractivity contribution in [3.8, 4) is 5.75 Å². The number of ether oxygens (including phenoxy) is 1. The van der Waals surface area contributed by atoms with Gasteiger partial charge in [0.25, 0.3) is 0 Å². The first-order chi connectivity index (χ1) is 15.6. The van der Waals surface area contributed by atoms with E-state index in [1.54, 1.807) is 18.2 Å². The Labute approximate surface area is 188 Å². The standard InChI is InChI=1S/C21H25FN2O2.C2HF3O2/c22-20-9-5-4-6-17(20)12-18(23)10-11-21(25)24-13-16(14-24)15-26-19-7-2-1-3-8-19;3-2(4,5)1(6)7/h1-9,16,18H,10-15,23H2;(H,6,7). The number of para-hydroxylation sites is 1. The first kappa shape index (κ1) is 26.1. The van der Waals surface area contributed by atoms with Crippen molar-refractivity contribution in [2.75, 3.05) is 19.7 Å². The minimum atomic E-state index is -5.08. The Bertz CT molecular complexity index is 903. The van der Waals surface area contributed by atoms with Crippen molar-refractivity contribution >= 4 is 11.9 Å². The second kappa shape index (κ2) is 12.2. The van der Waals surface area contributed by atoms with E-state index in [2.05, 4.69) is 0 Å². The van der Waals surface area contributed by atoms with E-state index in [9.17, 15) is 22.4 Å². The summed E-state index contributed by atoms with van der Waals surface area (Å²) in [4.78, 5) is 23.0. The molecule has 0 saturated carbocycles. The number of nitrogens with two attached hydrogens (primary N) is 1. The lowest BCUT2D eigenvalue weighted by Gasteiger charge is -2.39. The van der Waals surface area contributed by atoms with Crippen LogP contribution in [-0.2, 0) is 16.0 Å². The van der Waals surface area contributed by atoms with Crippen LogP contribution in [0.4, 0.5) is 17.6 Å². The van der Waals surface area contributed by atoms with E-state index in [1.165, 1.54) is 6.07 Å². The van der Waals surface area contributed by atoms with Gasteiger partial charge in [0.15, 0.2) is 0 Å². The van der Waals surface area contributed by atoms with Crippen molar-refractivity contribution in [1.82, 2.24) is 4.90 Å². The smallest absolute Gasteiger partial charge is 0.490 e. The Morgan fingerprint density at radius 2 is 1.67 bits per heavy atom. The number of carbonyl (C=O) groups is 2. The SMILES string of the molecule is NC(CCC(=O)N1CC(COc2ccccc2)C1)Cc1ccccc1F.O=C(O)C(F)(F)F. The van der Waals surface area contributed by atoms with Gasteiger partial charge in [-0.15, -0.1) is 0 Å². The summed E-state index contributed by atoms with van der Waals surface area (Å²) in [7, 11) is 0. The largest absolute Gasteiger partial charge is 0.493 e. The van der Waals surface area contributed by atoms with Crippen molar-refractivity contribution < 1.29 is 37.0 Å². The molecule has 0 aliphatic carbocycles. The molecule has 0 radical (unpaired) electrons. The third kappa shape index (κ3) is 9.09. The Balaban J connectivity index is 0.000000479. The van der Waals surface area contributed by atoms with Crippen molar-refractivity contribution in [3.05, 3.63) is 66.0 Å². The first-order valence-electron chi connectivity index (χ1n) is 10.3. The van der Waals surface area contributed by atoms with Gasteiger partial charge >= 0.3 is 12.1 Å². The van der Waals surface area contributed by atoms with E-state index in [0.29, 0.717) is 37.4 Å². The lowest BCUT2D eigenvalue weighted by Crippen LogP contribution is -2.52. The van der Waals surface area contributed by atoms with Gasteiger partial charge in [0.05, 0.1) is 6.61 Å². The summed E-state index contributed by atoms with van der Waals surface area (Å²) >= 11 is 0. The number of halogens is 4. The second-order valence-electron chi connectivity index (χ2n) is 7.69. The summed E-state index contributed by atoms with van der Waals surface area (Å²) < 4.78 is 51.1. The zero-order valence-electron chi connectivity index (χ0n) is 17.8. The van der Waals surface area contributed by atoms with Crippen LogP contribution in [0, 0.1) is 11.7 Å². The Morgan fingerprint density at radius 3 is 2.24 bits per heavy atom. The average molecular weight is 470 g/mol. The number of aliphatic carboxylic acids is 1. The lowest BCUT2D eigenvalue weighted by atomic mass is 9.98. The predicted molar refractivity (Wildman–Crippen MR) is 113 cm³/mol. The summed E-state index contributed by atoms with van der Waals surface area (Å²) in [5.41, 5.74) is 6.67. The van der Waals surface area contributed by atoms with Gasteiger partial charge in [-0.2, -0.15) is 13.2 Å². The van der Waals surface area contributed by atoms with Crippen LogP contribution in [0.3, 0.4) is 0 Å².